The van der Waals surface area contributed by atoms with Crippen LogP contribution in [0.1, 0.15) is 39.7 Å². The molecule has 0 saturated carbocycles. The van der Waals surface area contributed by atoms with Crippen molar-refractivity contribution in [1.82, 2.24) is 5.01 Å². The second-order valence-electron chi connectivity index (χ2n) is 6.45. The van der Waals surface area contributed by atoms with E-state index in [1.54, 1.807) is 13.4 Å². The van der Waals surface area contributed by atoms with E-state index in [-0.39, 0.29) is 11.9 Å². The number of hydrogen-bond acceptors (Lipinski definition) is 4. The van der Waals surface area contributed by atoms with Crippen LogP contribution in [0.25, 0.3) is 0 Å². The summed E-state index contributed by atoms with van der Waals surface area (Å²) in [5.41, 5.74) is 3.24. The number of nitrogens with zero attached hydrogens (tertiary/aromatic N) is 2. The molecule has 0 bridgehead atoms. The van der Waals surface area contributed by atoms with Gasteiger partial charge in [-0.05, 0) is 42.8 Å². The van der Waals surface area contributed by atoms with E-state index in [2.05, 4.69) is 5.10 Å². The number of benzene rings is 2. The lowest BCUT2D eigenvalue weighted by Gasteiger charge is -2.20. The predicted molar refractivity (Wildman–Crippen MR) is 103 cm³/mol. The molecule has 5 heteroatoms. The van der Waals surface area contributed by atoms with Crippen molar-refractivity contribution in [3.8, 4) is 5.75 Å². The van der Waals surface area contributed by atoms with Crippen molar-refractivity contribution in [3.63, 3.8) is 0 Å². The number of hydrogen-bond donors (Lipinski definition) is 0. The topological polar surface area (TPSA) is 55.0 Å². The first-order valence-electron chi connectivity index (χ1n) is 8.82. The smallest absolute Gasteiger partial charge is 0.274 e. The molecule has 0 spiro atoms. The maximum Gasteiger partial charge on any atom is 0.274 e. The molecule has 5 nitrogen and oxygen atoms in total. The number of carbonyl (C=O) groups excluding carboxylic acids is 1. The van der Waals surface area contributed by atoms with Gasteiger partial charge in [0.2, 0.25) is 0 Å². The average molecular weight is 360 g/mol. The summed E-state index contributed by atoms with van der Waals surface area (Å²) >= 11 is 0. The number of hydrazone groups is 1. The van der Waals surface area contributed by atoms with Crippen LogP contribution in [-0.4, -0.2) is 23.7 Å². The number of methoxy groups -OCH3 is 1. The van der Waals surface area contributed by atoms with Crippen LogP contribution in [0, 0.1) is 6.92 Å². The first-order chi connectivity index (χ1) is 13.2. The first kappa shape index (κ1) is 17.1. The number of ether oxygens (including phenoxy) is 1. The Kier molecular flexibility index (Phi) is 4.50. The zero-order valence-electron chi connectivity index (χ0n) is 15.3. The monoisotopic (exact) mass is 360 g/mol. The second kappa shape index (κ2) is 7.11. The lowest BCUT2D eigenvalue weighted by Crippen LogP contribution is -2.27. The summed E-state index contributed by atoms with van der Waals surface area (Å²) in [6.07, 6.45) is 2.18. The van der Waals surface area contributed by atoms with Gasteiger partial charge in [0.25, 0.3) is 5.91 Å². The number of aryl methyl sites for hydroxylation is 1. The summed E-state index contributed by atoms with van der Waals surface area (Å²) < 4.78 is 11.1. The third kappa shape index (κ3) is 3.12. The molecule has 1 aliphatic heterocycles. The van der Waals surface area contributed by atoms with E-state index in [0.29, 0.717) is 17.7 Å². The fourth-order valence-electron chi connectivity index (χ4n) is 3.38. The Bertz CT molecular complexity index is 992. The number of furan rings is 1. The molecule has 3 aromatic rings. The molecule has 1 amide bonds. The van der Waals surface area contributed by atoms with E-state index in [4.69, 9.17) is 9.15 Å². The van der Waals surface area contributed by atoms with Crippen molar-refractivity contribution < 1.29 is 13.9 Å². The Morgan fingerprint density at radius 1 is 1.11 bits per heavy atom. The Hall–Kier alpha value is -3.34. The lowest BCUT2D eigenvalue weighted by atomic mass is 10.0. The van der Waals surface area contributed by atoms with Crippen molar-refractivity contribution in [1.29, 1.82) is 0 Å². The minimum atomic E-state index is -0.285. The Balaban J connectivity index is 1.77. The second-order valence-corrected chi connectivity index (χ2v) is 6.45. The maximum absolute atomic E-state index is 13.3. The van der Waals surface area contributed by atoms with Gasteiger partial charge >= 0.3 is 0 Å². The molecule has 0 radical (unpaired) electrons. The minimum Gasteiger partial charge on any atom is -0.496 e. The van der Waals surface area contributed by atoms with Crippen LogP contribution in [0.4, 0.5) is 0 Å². The van der Waals surface area contributed by atoms with Gasteiger partial charge in [0.05, 0.1) is 19.1 Å². The van der Waals surface area contributed by atoms with Crippen LogP contribution < -0.4 is 4.74 Å². The van der Waals surface area contributed by atoms with E-state index >= 15 is 0 Å². The van der Waals surface area contributed by atoms with Crippen molar-refractivity contribution in [2.24, 2.45) is 5.10 Å². The van der Waals surface area contributed by atoms with Crippen LogP contribution >= 0.6 is 0 Å². The van der Waals surface area contributed by atoms with E-state index in [1.807, 2.05) is 67.6 Å². The minimum absolute atomic E-state index is 0.139. The largest absolute Gasteiger partial charge is 0.496 e. The Labute approximate surface area is 157 Å². The molecule has 2 heterocycles. The molecule has 0 saturated heterocycles. The van der Waals surface area contributed by atoms with E-state index in [9.17, 15) is 4.79 Å². The zero-order valence-corrected chi connectivity index (χ0v) is 15.3. The van der Waals surface area contributed by atoms with Crippen LogP contribution in [0.5, 0.6) is 5.75 Å². The number of rotatable bonds is 4. The fourth-order valence-corrected chi connectivity index (χ4v) is 3.38. The van der Waals surface area contributed by atoms with Gasteiger partial charge in [-0.25, -0.2) is 5.01 Å². The first-order valence-corrected chi connectivity index (χ1v) is 8.82. The van der Waals surface area contributed by atoms with E-state index in [1.165, 1.54) is 5.01 Å². The van der Waals surface area contributed by atoms with Crippen molar-refractivity contribution >= 4 is 11.6 Å². The van der Waals surface area contributed by atoms with Gasteiger partial charge in [0, 0.05) is 17.5 Å². The summed E-state index contributed by atoms with van der Waals surface area (Å²) in [6.45, 7) is 1.93. The van der Waals surface area contributed by atoms with Gasteiger partial charge < -0.3 is 9.15 Å². The molecule has 1 aliphatic rings. The summed E-state index contributed by atoms with van der Waals surface area (Å²) in [5, 5.41) is 6.21. The molecule has 1 aromatic heterocycles. The summed E-state index contributed by atoms with van der Waals surface area (Å²) in [6, 6.07) is 18.7. The van der Waals surface area contributed by atoms with Crippen molar-refractivity contribution in [3.05, 3.63) is 89.4 Å². The predicted octanol–water partition coefficient (Wildman–Crippen LogP) is 4.59. The van der Waals surface area contributed by atoms with Crippen LogP contribution in [0.3, 0.4) is 0 Å². The molecule has 136 valence electrons. The quantitative estimate of drug-likeness (QED) is 0.684. The van der Waals surface area contributed by atoms with E-state index in [0.717, 1.165) is 22.6 Å². The highest BCUT2D eigenvalue weighted by molar-refractivity contribution is 6.06. The van der Waals surface area contributed by atoms with Gasteiger partial charge in [-0.2, -0.15) is 5.10 Å². The molecule has 0 fully saturated rings. The highest BCUT2D eigenvalue weighted by Crippen LogP contribution is 2.36. The Morgan fingerprint density at radius 3 is 2.63 bits per heavy atom. The van der Waals surface area contributed by atoms with E-state index < -0.39 is 0 Å². The van der Waals surface area contributed by atoms with Gasteiger partial charge in [-0.3, -0.25) is 4.79 Å². The molecule has 27 heavy (non-hydrogen) atoms. The number of para-hydroxylation sites is 1. The summed E-state index contributed by atoms with van der Waals surface area (Å²) in [5.74, 6) is 1.31. The molecular formula is C22H20N2O3. The average Bonchev–Trinajstić information content (AvgIpc) is 3.37. The van der Waals surface area contributed by atoms with Crippen molar-refractivity contribution in [2.45, 2.75) is 19.4 Å². The van der Waals surface area contributed by atoms with Gasteiger partial charge in [0.15, 0.2) is 0 Å². The molecule has 1 atom stereocenters. The number of amides is 1. The SMILES string of the molecule is COc1ccccc1C1=NN(C(=O)c2ccccc2C)[C@@H](c2ccco2)C1. The van der Waals surface area contributed by atoms with Gasteiger partial charge in [-0.15, -0.1) is 0 Å². The molecule has 2 aromatic carbocycles. The molecule has 0 aliphatic carbocycles. The number of carbonyl (C=O) groups is 1. The van der Waals surface area contributed by atoms with Gasteiger partial charge in [0.1, 0.15) is 17.6 Å². The van der Waals surface area contributed by atoms with Crippen LogP contribution in [-0.2, 0) is 0 Å². The maximum atomic E-state index is 13.3. The fraction of sp³-hybridized carbons (Fsp3) is 0.182. The summed E-state index contributed by atoms with van der Waals surface area (Å²) in [4.78, 5) is 13.3. The van der Waals surface area contributed by atoms with Gasteiger partial charge in [-0.1, -0.05) is 30.3 Å². The molecular weight excluding hydrogens is 340 g/mol. The zero-order chi connectivity index (χ0) is 18.8. The third-order valence-electron chi connectivity index (χ3n) is 4.78. The summed E-state index contributed by atoms with van der Waals surface area (Å²) in [7, 11) is 1.63. The highest BCUT2D eigenvalue weighted by atomic mass is 16.5. The normalized spacial score (nSPS) is 16.3. The van der Waals surface area contributed by atoms with Crippen molar-refractivity contribution in [2.75, 3.05) is 7.11 Å². The lowest BCUT2D eigenvalue weighted by molar-refractivity contribution is 0.0692. The molecule has 0 unspecified atom stereocenters. The van der Waals surface area contributed by atoms with Crippen LogP contribution in [0.15, 0.2) is 76.4 Å². The third-order valence-corrected chi connectivity index (χ3v) is 4.78. The van der Waals surface area contributed by atoms with Crippen LogP contribution in [0.2, 0.25) is 0 Å². The highest BCUT2D eigenvalue weighted by Gasteiger charge is 2.36. The Morgan fingerprint density at radius 2 is 1.89 bits per heavy atom. The molecule has 4 rings (SSSR count). The molecule has 0 N–H and O–H groups in total. The standard InChI is InChI=1S/C22H20N2O3/c1-15-8-3-4-9-16(15)22(25)24-19(21-12-7-13-27-21)14-18(23-24)17-10-5-6-11-20(17)26-2/h3-13,19H,14H2,1-2H3/t19-/m1/s1.